The zero-order valence-electron chi connectivity index (χ0n) is 12.9. The second-order valence-electron chi connectivity index (χ2n) is 5.31. The maximum atomic E-state index is 12.0. The highest BCUT2D eigenvalue weighted by molar-refractivity contribution is 5.91. The van der Waals surface area contributed by atoms with E-state index in [2.05, 4.69) is 10.2 Å². The molecule has 0 fully saturated rings. The first kappa shape index (κ1) is 15.5. The van der Waals surface area contributed by atoms with Gasteiger partial charge in [0.05, 0.1) is 18.7 Å². The summed E-state index contributed by atoms with van der Waals surface area (Å²) in [6, 6.07) is 9.53. The summed E-state index contributed by atoms with van der Waals surface area (Å²) in [5.41, 5.74) is 1.79. The van der Waals surface area contributed by atoms with Crippen molar-refractivity contribution in [3.63, 3.8) is 0 Å². The number of nitrogens with one attached hydrogen (secondary N) is 1. The van der Waals surface area contributed by atoms with Gasteiger partial charge in [0, 0.05) is 37.3 Å². The number of pyridine rings is 1. The second kappa shape index (κ2) is 7.24. The van der Waals surface area contributed by atoms with Crippen LogP contribution in [0, 0.1) is 0 Å². The van der Waals surface area contributed by atoms with E-state index in [1.54, 1.807) is 17.7 Å². The molecule has 0 aliphatic rings. The predicted molar refractivity (Wildman–Crippen MR) is 87.1 cm³/mol. The number of benzene rings is 1. The molecule has 0 saturated carbocycles. The van der Waals surface area contributed by atoms with Crippen molar-refractivity contribution in [1.82, 2.24) is 9.47 Å². The third-order valence-electron chi connectivity index (χ3n) is 3.40. The molecule has 1 heterocycles. The fraction of sp³-hybridized carbons (Fsp3) is 0.438. The minimum Gasteiger partial charge on any atom is -0.382 e. The van der Waals surface area contributed by atoms with E-state index in [-0.39, 0.29) is 5.56 Å². The number of fused-ring (bicyclic) bond motifs is 1. The number of rotatable bonds is 7. The molecule has 0 aliphatic carbocycles. The standard InChI is InChI=1S/C16H23N3O2/c1-18(2)9-11-21-10-8-17-14-12-16(20)19(3)15-7-5-4-6-13(14)15/h4-7,12,17H,8-11H2,1-3H3. The Balaban J connectivity index is 1.99. The zero-order chi connectivity index (χ0) is 15.2. The van der Waals surface area contributed by atoms with Gasteiger partial charge in [0.2, 0.25) is 0 Å². The molecule has 0 aliphatic heterocycles. The van der Waals surface area contributed by atoms with E-state index in [1.807, 2.05) is 38.4 Å². The van der Waals surface area contributed by atoms with Crippen LogP contribution in [0.5, 0.6) is 0 Å². The fourth-order valence-corrected chi connectivity index (χ4v) is 2.16. The summed E-state index contributed by atoms with van der Waals surface area (Å²) < 4.78 is 7.21. The minimum absolute atomic E-state index is 0.00951. The van der Waals surface area contributed by atoms with Gasteiger partial charge in [-0.05, 0) is 20.2 Å². The summed E-state index contributed by atoms with van der Waals surface area (Å²) in [5.74, 6) is 0. The molecule has 2 rings (SSSR count). The molecule has 0 radical (unpaired) electrons. The van der Waals surface area contributed by atoms with Crippen molar-refractivity contribution in [3.8, 4) is 0 Å². The number of anilines is 1. The van der Waals surface area contributed by atoms with Crippen LogP contribution in [0.3, 0.4) is 0 Å². The molecule has 114 valence electrons. The molecule has 2 aromatic rings. The molecule has 0 unspecified atom stereocenters. The lowest BCUT2D eigenvalue weighted by atomic mass is 10.2. The molecule has 0 bridgehead atoms. The van der Waals surface area contributed by atoms with Crippen molar-refractivity contribution < 1.29 is 4.74 Å². The summed E-state index contributed by atoms with van der Waals surface area (Å²) in [7, 11) is 5.83. The average Bonchev–Trinajstić information content (AvgIpc) is 2.47. The van der Waals surface area contributed by atoms with Crippen molar-refractivity contribution in [2.24, 2.45) is 7.05 Å². The molecule has 1 N–H and O–H groups in total. The van der Waals surface area contributed by atoms with E-state index in [0.717, 1.165) is 23.1 Å². The van der Waals surface area contributed by atoms with Crippen LogP contribution in [0.15, 0.2) is 35.1 Å². The molecule has 0 saturated heterocycles. The Bertz CT molecular complexity index is 650. The van der Waals surface area contributed by atoms with Crippen LogP contribution in [-0.4, -0.2) is 49.9 Å². The van der Waals surface area contributed by atoms with Gasteiger partial charge >= 0.3 is 0 Å². The Labute approximate surface area is 125 Å². The van der Waals surface area contributed by atoms with Crippen LogP contribution < -0.4 is 10.9 Å². The van der Waals surface area contributed by atoms with Crippen molar-refractivity contribution in [3.05, 3.63) is 40.7 Å². The van der Waals surface area contributed by atoms with Gasteiger partial charge in [-0.2, -0.15) is 0 Å². The van der Waals surface area contributed by atoms with E-state index in [0.29, 0.717) is 19.8 Å². The zero-order valence-corrected chi connectivity index (χ0v) is 12.9. The molecular weight excluding hydrogens is 266 g/mol. The summed E-state index contributed by atoms with van der Waals surface area (Å²) in [4.78, 5) is 14.0. The largest absolute Gasteiger partial charge is 0.382 e. The number of aromatic nitrogens is 1. The molecule has 5 nitrogen and oxygen atoms in total. The Hall–Kier alpha value is -1.85. The number of hydrogen-bond donors (Lipinski definition) is 1. The van der Waals surface area contributed by atoms with E-state index >= 15 is 0 Å². The van der Waals surface area contributed by atoms with Crippen LogP contribution >= 0.6 is 0 Å². The quantitative estimate of drug-likeness (QED) is 0.785. The number of hydrogen-bond acceptors (Lipinski definition) is 4. The normalized spacial score (nSPS) is 11.2. The number of likely N-dealkylation sites (N-methyl/N-ethyl adjacent to an activating group) is 1. The lowest BCUT2D eigenvalue weighted by Crippen LogP contribution is -2.21. The first-order valence-corrected chi connectivity index (χ1v) is 7.14. The molecule has 1 aromatic carbocycles. The number of para-hydroxylation sites is 1. The number of aryl methyl sites for hydroxylation is 1. The van der Waals surface area contributed by atoms with Gasteiger partial charge in [0.25, 0.3) is 5.56 Å². The molecular formula is C16H23N3O2. The summed E-state index contributed by atoms with van der Waals surface area (Å²) in [6.45, 7) is 2.93. The fourth-order valence-electron chi connectivity index (χ4n) is 2.16. The van der Waals surface area contributed by atoms with Gasteiger partial charge in [-0.25, -0.2) is 0 Å². The van der Waals surface area contributed by atoms with Crippen LogP contribution in [0.4, 0.5) is 5.69 Å². The Morgan fingerprint density at radius 2 is 2.00 bits per heavy atom. The Morgan fingerprint density at radius 3 is 2.76 bits per heavy atom. The molecule has 5 heteroatoms. The lowest BCUT2D eigenvalue weighted by Gasteiger charge is -2.13. The maximum Gasteiger partial charge on any atom is 0.252 e. The van der Waals surface area contributed by atoms with Crippen LogP contribution in [0.1, 0.15) is 0 Å². The van der Waals surface area contributed by atoms with E-state index in [1.165, 1.54) is 0 Å². The van der Waals surface area contributed by atoms with Gasteiger partial charge < -0.3 is 19.5 Å². The SMILES string of the molecule is CN(C)CCOCCNc1cc(=O)n(C)c2ccccc12. The van der Waals surface area contributed by atoms with E-state index in [4.69, 9.17) is 4.74 Å². The van der Waals surface area contributed by atoms with Crippen molar-refractivity contribution >= 4 is 16.6 Å². The Morgan fingerprint density at radius 1 is 1.24 bits per heavy atom. The topological polar surface area (TPSA) is 46.5 Å². The predicted octanol–water partition coefficient (Wildman–Crippen LogP) is 1.53. The van der Waals surface area contributed by atoms with E-state index < -0.39 is 0 Å². The van der Waals surface area contributed by atoms with Gasteiger partial charge in [0.15, 0.2) is 0 Å². The minimum atomic E-state index is -0.00951. The highest BCUT2D eigenvalue weighted by Crippen LogP contribution is 2.20. The monoisotopic (exact) mass is 289 g/mol. The number of nitrogens with zero attached hydrogens (tertiary/aromatic N) is 2. The molecule has 1 aromatic heterocycles. The van der Waals surface area contributed by atoms with Gasteiger partial charge in [-0.15, -0.1) is 0 Å². The molecule has 0 atom stereocenters. The average molecular weight is 289 g/mol. The van der Waals surface area contributed by atoms with Crippen molar-refractivity contribution in [2.45, 2.75) is 0 Å². The molecule has 21 heavy (non-hydrogen) atoms. The summed E-state index contributed by atoms with van der Waals surface area (Å²) in [5, 5.41) is 4.34. The van der Waals surface area contributed by atoms with Crippen molar-refractivity contribution in [2.75, 3.05) is 45.7 Å². The van der Waals surface area contributed by atoms with Gasteiger partial charge in [-0.1, -0.05) is 18.2 Å². The maximum absolute atomic E-state index is 12.0. The summed E-state index contributed by atoms with van der Waals surface area (Å²) >= 11 is 0. The Kier molecular flexibility index (Phi) is 5.36. The summed E-state index contributed by atoms with van der Waals surface area (Å²) in [6.07, 6.45) is 0. The van der Waals surface area contributed by atoms with Gasteiger partial charge in [-0.3, -0.25) is 4.79 Å². The van der Waals surface area contributed by atoms with Gasteiger partial charge in [0.1, 0.15) is 0 Å². The third-order valence-corrected chi connectivity index (χ3v) is 3.40. The first-order valence-electron chi connectivity index (χ1n) is 7.14. The molecule has 0 spiro atoms. The van der Waals surface area contributed by atoms with E-state index in [9.17, 15) is 4.79 Å². The molecule has 0 amide bonds. The van der Waals surface area contributed by atoms with Crippen LogP contribution in [0.25, 0.3) is 10.9 Å². The van der Waals surface area contributed by atoms with Crippen LogP contribution in [0.2, 0.25) is 0 Å². The smallest absolute Gasteiger partial charge is 0.252 e. The second-order valence-corrected chi connectivity index (χ2v) is 5.31. The highest BCUT2D eigenvalue weighted by Gasteiger charge is 2.05. The third kappa shape index (κ3) is 4.06. The first-order chi connectivity index (χ1) is 10.1. The van der Waals surface area contributed by atoms with Crippen molar-refractivity contribution in [1.29, 1.82) is 0 Å². The number of ether oxygens (including phenoxy) is 1. The highest BCUT2D eigenvalue weighted by atomic mass is 16.5. The van der Waals surface area contributed by atoms with Crippen LogP contribution in [-0.2, 0) is 11.8 Å². The lowest BCUT2D eigenvalue weighted by molar-refractivity contribution is 0.126.